The number of carbonyl (C=O) groups is 1. The van der Waals surface area contributed by atoms with Gasteiger partial charge in [-0.15, -0.1) is 0 Å². The third kappa shape index (κ3) is 4.45. The highest BCUT2D eigenvalue weighted by atomic mass is 79.9. The van der Waals surface area contributed by atoms with Crippen LogP contribution in [0.4, 0.5) is 0 Å². The van der Waals surface area contributed by atoms with Gasteiger partial charge in [0.15, 0.2) is 0 Å². The monoisotopic (exact) mass is 354 g/mol. The van der Waals surface area contributed by atoms with Crippen molar-refractivity contribution in [1.82, 2.24) is 10.2 Å². The Bertz CT molecular complexity index is 487. The zero-order chi connectivity index (χ0) is 15.2. The molecule has 5 heteroatoms. The van der Waals surface area contributed by atoms with E-state index in [9.17, 15) is 9.90 Å². The van der Waals surface area contributed by atoms with Crippen molar-refractivity contribution >= 4 is 21.8 Å². The molecule has 1 aliphatic heterocycles. The standard InChI is InChI=1S/C16H23BrN2O2/c1-2-3-9-19(11-13-5-4-8-18-13)16(21)14-10-12(17)6-7-15(14)20/h6-7,10,13,18,20H,2-5,8-9,11H2,1H3. The van der Waals surface area contributed by atoms with Crippen LogP contribution in [-0.2, 0) is 0 Å². The molecule has 0 saturated carbocycles. The van der Waals surface area contributed by atoms with Crippen LogP contribution in [-0.4, -0.2) is 41.6 Å². The number of nitrogens with one attached hydrogen (secondary N) is 1. The predicted octanol–water partition coefficient (Wildman–Crippen LogP) is 3.15. The van der Waals surface area contributed by atoms with Crippen molar-refractivity contribution in [3.63, 3.8) is 0 Å². The average molecular weight is 355 g/mol. The van der Waals surface area contributed by atoms with Crippen LogP contribution in [0.2, 0.25) is 0 Å². The molecular weight excluding hydrogens is 332 g/mol. The maximum absolute atomic E-state index is 12.7. The molecule has 1 heterocycles. The third-order valence-corrected chi connectivity index (χ3v) is 4.35. The smallest absolute Gasteiger partial charge is 0.257 e. The summed E-state index contributed by atoms with van der Waals surface area (Å²) < 4.78 is 0.804. The summed E-state index contributed by atoms with van der Waals surface area (Å²) in [4.78, 5) is 14.6. The maximum Gasteiger partial charge on any atom is 0.257 e. The van der Waals surface area contributed by atoms with Gasteiger partial charge in [0.1, 0.15) is 5.75 Å². The molecule has 1 aliphatic rings. The summed E-state index contributed by atoms with van der Waals surface area (Å²) in [7, 11) is 0. The van der Waals surface area contributed by atoms with Crippen molar-refractivity contribution in [3.8, 4) is 5.75 Å². The second kappa shape index (κ2) is 7.80. The first-order chi connectivity index (χ1) is 10.1. The van der Waals surface area contributed by atoms with Crippen molar-refractivity contribution in [2.75, 3.05) is 19.6 Å². The molecule has 1 aromatic rings. The molecule has 4 nitrogen and oxygen atoms in total. The molecule has 0 radical (unpaired) electrons. The van der Waals surface area contributed by atoms with Gasteiger partial charge in [0.05, 0.1) is 5.56 Å². The van der Waals surface area contributed by atoms with Crippen LogP contribution in [0.15, 0.2) is 22.7 Å². The molecule has 1 amide bonds. The summed E-state index contributed by atoms with van der Waals surface area (Å²) in [5.74, 6) is -0.0416. The number of benzene rings is 1. The van der Waals surface area contributed by atoms with Crippen LogP contribution in [0.5, 0.6) is 5.75 Å². The molecule has 2 N–H and O–H groups in total. The largest absolute Gasteiger partial charge is 0.507 e. The number of hydrogen-bond acceptors (Lipinski definition) is 3. The molecule has 1 unspecified atom stereocenters. The van der Waals surface area contributed by atoms with Crippen LogP contribution in [0.3, 0.4) is 0 Å². The Morgan fingerprint density at radius 2 is 2.33 bits per heavy atom. The van der Waals surface area contributed by atoms with E-state index in [2.05, 4.69) is 28.2 Å². The highest BCUT2D eigenvalue weighted by Gasteiger charge is 2.23. The van der Waals surface area contributed by atoms with Gasteiger partial charge in [0.2, 0.25) is 0 Å². The number of amides is 1. The van der Waals surface area contributed by atoms with E-state index < -0.39 is 0 Å². The third-order valence-electron chi connectivity index (χ3n) is 3.86. The van der Waals surface area contributed by atoms with Gasteiger partial charge in [-0.25, -0.2) is 0 Å². The Morgan fingerprint density at radius 1 is 1.52 bits per heavy atom. The van der Waals surface area contributed by atoms with E-state index in [-0.39, 0.29) is 11.7 Å². The number of carbonyl (C=O) groups excluding carboxylic acids is 1. The van der Waals surface area contributed by atoms with E-state index in [1.165, 1.54) is 6.42 Å². The molecule has 1 fully saturated rings. The van der Waals surface area contributed by atoms with E-state index in [0.717, 1.165) is 36.8 Å². The predicted molar refractivity (Wildman–Crippen MR) is 87.6 cm³/mol. The van der Waals surface area contributed by atoms with Gasteiger partial charge in [-0.3, -0.25) is 4.79 Å². The first-order valence-electron chi connectivity index (χ1n) is 7.63. The van der Waals surface area contributed by atoms with Crippen molar-refractivity contribution in [2.24, 2.45) is 0 Å². The quantitative estimate of drug-likeness (QED) is 0.824. The summed E-state index contributed by atoms with van der Waals surface area (Å²) in [6, 6.07) is 5.36. The molecular formula is C16H23BrN2O2. The number of phenolic OH excluding ortho intramolecular Hbond substituents is 1. The number of hydrogen-bond donors (Lipinski definition) is 2. The highest BCUT2D eigenvalue weighted by Crippen LogP contribution is 2.24. The summed E-state index contributed by atoms with van der Waals surface area (Å²) in [6.45, 7) is 4.60. The SMILES string of the molecule is CCCCN(CC1CCCN1)C(=O)c1cc(Br)ccc1O. The first kappa shape index (κ1) is 16.3. The van der Waals surface area contributed by atoms with E-state index in [0.29, 0.717) is 18.2 Å². The van der Waals surface area contributed by atoms with Gasteiger partial charge >= 0.3 is 0 Å². The average Bonchev–Trinajstić information content (AvgIpc) is 2.98. The summed E-state index contributed by atoms with van der Waals surface area (Å²) in [5, 5.41) is 13.4. The Balaban J connectivity index is 2.13. The van der Waals surface area contributed by atoms with Gasteiger partial charge < -0.3 is 15.3 Å². The lowest BCUT2D eigenvalue weighted by molar-refractivity contribution is 0.0736. The molecule has 1 atom stereocenters. The fraction of sp³-hybridized carbons (Fsp3) is 0.562. The van der Waals surface area contributed by atoms with Crippen LogP contribution < -0.4 is 5.32 Å². The molecule has 0 aromatic heterocycles. The Labute approximate surface area is 134 Å². The van der Waals surface area contributed by atoms with Crippen LogP contribution in [0, 0.1) is 0 Å². The molecule has 116 valence electrons. The number of phenols is 1. The Morgan fingerprint density at radius 3 is 3.00 bits per heavy atom. The summed E-state index contributed by atoms with van der Waals surface area (Å²) >= 11 is 3.36. The molecule has 1 saturated heterocycles. The van der Waals surface area contributed by atoms with Crippen LogP contribution >= 0.6 is 15.9 Å². The highest BCUT2D eigenvalue weighted by molar-refractivity contribution is 9.10. The minimum absolute atomic E-state index is 0.0454. The van der Waals surface area contributed by atoms with Gasteiger partial charge in [-0.1, -0.05) is 29.3 Å². The zero-order valence-electron chi connectivity index (χ0n) is 12.4. The van der Waals surface area contributed by atoms with Crippen LogP contribution in [0.25, 0.3) is 0 Å². The fourth-order valence-electron chi connectivity index (χ4n) is 2.65. The topological polar surface area (TPSA) is 52.6 Å². The van der Waals surface area contributed by atoms with Gasteiger partial charge in [-0.05, 0) is 44.0 Å². The number of aromatic hydroxyl groups is 1. The minimum atomic E-state index is -0.0871. The molecule has 0 bridgehead atoms. The van der Waals surface area contributed by atoms with Gasteiger partial charge in [-0.2, -0.15) is 0 Å². The molecule has 0 spiro atoms. The number of rotatable bonds is 6. The summed E-state index contributed by atoms with van der Waals surface area (Å²) in [6.07, 6.45) is 4.31. The molecule has 0 aliphatic carbocycles. The zero-order valence-corrected chi connectivity index (χ0v) is 14.0. The second-order valence-corrected chi connectivity index (χ2v) is 6.48. The van der Waals surface area contributed by atoms with Crippen molar-refractivity contribution in [2.45, 2.75) is 38.6 Å². The van der Waals surface area contributed by atoms with Gasteiger partial charge in [0, 0.05) is 23.6 Å². The molecule has 1 aromatic carbocycles. The Kier molecular flexibility index (Phi) is 6.06. The lowest BCUT2D eigenvalue weighted by atomic mass is 10.1. The molecule has 21 heavy (non-hydrogen) atoms. The fourth-order valence-corrected chi connectivity index (χ4v) is 3.01. The van der Waals surface area contributed by atoms with Gasteiger partial charge in [0.25, 0.3) is 5.91 Å². The van der Waals surface area contributed by atoms with E-state index in [1.807, 2.05) is 4.90 Å². The maximum atomic E-state index is 12.7. The lowest BCUT2D eigenvalue weighted by Crippen LogP contribution is -2.41. The normalized spacial score (nSPS) is 17.9. The summed E-state index contributed by atoms with van der Waals surface area (Å²) in [5.41, 5.74) is 0.374. The lowest BCUT2D eigenvalue weighted by Gasteiger charge is -2.26. The van der Waals surface area contributed by atoms with Crippen molar-refractivity contribution in [3.05, 3.63) is 28.2 Å². The molecule has 2 rings (SSSR count). The van der Waals surface area contributed by atoms with E-state index in [4.69, 9.17) is 0 Å². The van der Waals surface area contributed by atoms with Crippen molar-refractivity contribution < 1.29 is 9.90 Å². The van der Waals surface area contributed by atoms with Crippen LogP contribution in [0.1, 0.15) is 43.0 Å². The number of unbranched alkanes of at least 4 members (excludes halogenated alkanes) is 1. The number of nitrogens with zero attached hydrogens (tertiary/aromatic N) is 1. The van der Waals surface area contributed by atoms with Crippen molar-refractivity contribution in [1.29, 1.82) is 0 Å². The Hall–Kier alpha value is -1.07. The first-order valence-corrected chi connectivity index (χ1v) is 8.42. The number of halogens is 1. The second-order valence-electron chi connectivity index (χ2n) is 5.56. The minimum Gasteiger partial charge on any atom is -0.507 e. The van der Waals surface area contributed by atoms with E-state index in [1.54, 1.807) is 18.2 Å². The van der Waals surface area contributed by atoms with E-state index >= 15 is 0 Å².